The maximum atomic E-state index is 13.1. The molecule has 14 heteroatoms. The van der Waals surface area contributed by atoms with E-state index in [1.807, 2.05) is 19.1 Å². The van der Waals surface area contributed by atoms with E-state index in [1.54, 1.807) is 18.3 Å². The number of thiazole rings is 1. The molecule has 2 saturated heterocycles. The van der Waals surface area contributed by atoms with Gasteiger partial charge in [-0.05, 0) is 49.7 Å². The topological polar surface area (TPSA) is 115 Å². The monoisotopic (exact) mass is 634 g/mol. The van der Waals surface area contributed by atoms with Gasteiger partial charge in [0.25, 0.3) is 5.91 Å². The van der Waals surface area contributed by atoms with E-state index >= 15 is 0 Å². The van der Waals surface area contributed by atoms with Crippen LogP contribution in [0.4, 0.5) is 9.93 Å². The van der Waals surface area contributed by atoms with Gasteiger partial charge in [-0.15, -0.1) is 0 Å². The van der Waals surface area contributed by atoms with E-state index in [2.05, 4.69) is 15.1 Å². The zero-order chi connectivity index (χ0) is 29.9. The average Bonchev–Trinajstić information content (AvgIpc) is 3.47. The number of aromatic nitrogens is 1. The second-order valence-electron chi connectivity index (χ2n) is 10.2. The Labute approximate surface area is 255 Å². The van der Waals surface area contributed by atoms with Crippen LogP contribution in [0.3, 0.4) is 0 Å². The van der Waals surface area contributed by atoms with Crippen molar-refractivity contribution in [3.8, 4) is 0 Å². The Morgan fingerprint density at radius 2 is 1.69 bits per heavy atom. The molecule has 11 nitrogen and oxygen atoms in total. The lowest BCUT2D eigenvalue weighted by atomic mass is 10.2. The molecule has 1 N–H and O–H groups in total. The second kappa shape index (κ2) is 13.1. The third-order valence-electron chi connectivity index (χ3n) is 7.56. The lowest BCUT2D eigenvalue weighted by molar-refractivity contribution is 0.0932. The molecular weight excluding hydrogens is 600 g/mol. The van der Waals surface area contributed by atoms with E-state index in [9.17, 15) is 18.0 Å². The van der Waals surface area contributed by atoms with Crippen LogP contribution in [0.1, 0.15) is 22.8 Å². The van der Waals surface area contributed by atoms with Crippen LogP contribution in [0.15, 0.2) is 41.3 Å². The lowest BCUT2D eigenvalue weighted by Crippen LogP contribution is -2.50. The summed E-state index contributed by atoms with van der Waals surface area (Å²) in [6.07, 6.45) is -0.433. The molecule has 2 aromatic carbocycles. The van der Waals surface area contributed by atoms with Gasteiger partial charge in [-0.3, -0.25) is 9.69 Å². The molecule has 0 radical (unpaired) electrons. The summed E-state index contributed by atoms with van der Waals surface area (Å²) in [5, 5.41) is 4.66. The van der Waals surface area contributed by atoms with Gasteiger partial charge in [-0.2, -0.15) is 4.31 Å². The molecule has 0 atom stereocenters. The van der Waals surface area contributed by atoms with Crippen molar-refractivity contribution < 1.29 is 22.7 Å². The van der Waals surface area contributed by atoms with E-state index in [0.717, 1.165) is 52.1 Å². The minimum Gasteiger partial charge on any atom is -0.450 e. The molecule has 226 valence electrons. The number of carbonyl (C=O) groups excluding carboxylic acids is 2. The van der Waals surface area contributed by atoms with Gasteiger partial charge >= 0.3 is 6.09 Å². The van der Waals surface area contributed by atoms with Crippen molar-refractivity contribution >= 4 is 60.3 Å². The molecule has 2 aliphatic rings. The second-order valence-corrected chi connectivity index (χ2v) is 13.6. The zero-order valence-electron chi connectivity index (χ0n) is 23.7. The first-order valence-corrected chi connectivity index (χ1v) is 16.6. The van der Waals surface area contributed by atoms with Crippen LogP contribution in [0.25, 0.3) is 10.2 Å². The highest BCUT2D eigenvalue weighted by molar-refractivity contribution is 7.89. The van der Waals surface area contributed by atoms with Gasteiger partial charge in [0.15, 0.2) is 5.13 Å². The van der Waals surface area contributed by atoms with Crippen molar-refractivity contribution in [2.24, 2.45) is 0 Å². The highest BCUT2D eigenvalue weighted by Crippen LogP contribution is 2.35. The van der Waals surface area contributed by atoms with E-state index in [4.69, 9.17) is 21.3 Å². The zero-order valence-corrected chi connectivity index (χ0v) is 26.1. The molecule has 2 fully saturated rings. The number of fused-ring (bicyclic) bond motifs is 1. The molecule has 2 aliphatic heterocycles. The molecule has 1 aromatic heterocycles. The van der Waals surface area contributed by atoms with Crippen LogP contribution in [0, 0.1) is 6.92 Å². The normalized spacial score (nSPS) is 17.0. The van der Waals surface area contributed by atoms with Crippen LogP contribution >= 0.6 is 22.9 Å². The number of hydrogen-bond donors (Lipinski definition) is 1. The van der Waals surface area contributed by atoms with Crippen molar-refractivity contribution in [2.45, 2.75) is 18.7 Å². The first-order valence-electron chi connectivity index (χ1n) is 14.0. The fraction of sp³-hybridized carbons (Fsp3) is 0.464. The summed E-state index contributed by atoms with van der Waals surface area (Å²) in [5.41, 5.74) is 2.48. The molecule has 42 heavy (non-hydrogen) atoms. The van der Waals surface area contributed by atoms with E-state index < -0.39 is 16.1 Å². The van der Waals surface area contributed by atoms with Crippen LogP contribution in [0.5, 0.6) is 0 Å². The first kappa shape index (κ1) is 30.5. The Morgan fingerprint density at radius 1 is 1.00 bits per heavy atom. The van der Waals surface area contributed by atoms with Gasteiger partial charge in [0.05, 0.1) is 26.7 Å². The summed E-state index contributed by atoms with van der Waals surface area (Å²) in [6, 6.07) is 9.89. The number of piperazine rings is 2. The molecule has 3 heterocycles. The van der Waals surface area contributed by atoms with Crippen molar-refractivity contribution in [1.29, 1.82) is 0 Å². The number of benzene rings is 2. The van der Waals surface area contributed by atoms with Gasteiger partial charge in [0.1, 0.15) is 0 Å². The smallest absolute Gasteiger partial charge is 0.409 e. The van der Waals surface area contributed by atoms with E-state index in [1.165, 1.54) is 33.5 Å². The predicted molar refractivity (Wildman–Crippen MR) is 164 cm³/mol. The number of aryl methyl sites for hydroxylation is 1. The minimum absolute atomic E-state index is 0.118. The molecule has 0 bridgehead atoms. The molecule has 2 amide bonds. The van der Waals surface area contributed by atoms with Crippen LogP contribution in [-0.4, -0.2) is 112 Å². The SMILES string of the molecule is CCOC(=O)N1CCN(S(=O)(=O)c2ccc(C(=O)NCCN3CCN(c4nc5c(C)ccc(Cl)c5s4)CC3)cc2)CC1. The van der Waals surface area contributed by atoms with E-state index in [0.29, 0.717) is 18.7 Å². The summed E-state index contributed by atoms with van der Waals surface area (Å²) in [7, 11) is -3.73. The summed E-state index contributed by atoms with van der Waals surface area (Å²) in [5.74, 6) is -0.248. The van der Waals surface area contributed by atoms with Crippen molar-refractivity contribution in [3.05, 3.63) is 52.5 Å². The molecule has 3 aromatic rings. The van der Waals surface area contributed by atoms with Gasteiger partial charge in [0, 0.05) is 71.0 Å². The maximum Gasteiger partial charge on any atom is 0.409 e. The van der Waals surface area contributed by atoms with Gasteiger partial charge in [-0.1, -0.05) is 29.0 Å². The summed E-state index contributed by atoms with van der Waals surface area (Å²) >= 11 is 8.01. The molecule has 0 saturated carbocycles. The lowest BCUT2D eigenvalue weighted by Gasteiger charge is -2.34. The van der Waals surface area contributed by atoms with Crippen molar-refractivity contribution in [1.82, 2.24) is 24.4 Å². The Morgan fingerprint density at radius 3 is 2.33 bits per heavy atom. The molecule has 0 aliphatic carbocycles. The Bertz CT molecular complexity index is 1490. The summed E-state index contributed by atoms with van der Waals surface area (Å²) in [4.78, 5) is 35.6. The number of sulfonamides is 1. The highest BCUT2D eigenvalue weighted by Gasteiger charge is 2.30. The molecule has 0 unspecified atom stereocenters. The first-order chi connectivity index (χ1) is 20.2. The van der Waals surface area contributed by atoms with Gasteiger partial charge < -0.3 is 19.9 Å². The number of amides is 2. The standard InChI is InChI=1S/C28H35ClN6O5S2/c1-3-40-28(37)34-16-18-35(19-17-34)42(38,39)22-7-5-21(6-8-22)26(36)30-10-11-32-12-14-33(15-13-32)27-31-24-20(2)4-9-23(29)25(24)41-27/h4-9H,3,10-19H2,1-2H3,(H,30,36). The van der Waals surface area contributed by atoms with Gasteiger partial charge in [-0.25, -0.2) is 18.2 Å². The van der Waals surface area contributed by atoms with Crippen LogP contribution < -0.4 is 10.2 Å². The van der Waals surface area contributed by atoms with Crippen LogP contribution in [0.2, 0.25) is 5.02 Å². The number of anilines is 1. The average molecular weight is 635 g/mol. The number of halogens is 1. The number of hydrogen-bond acceptors (Lipinski definition) is 9. The highest BCUT2D eigenvalue weighted by atomic mass is 35.5. The number of nitrogens with zero attached hydrogens (tertiary/aromatic N) is 5. The Kier molecular flexibility index (Phi) is 9.53. The number of ether oxygens (including phenoxy) is 1. The number of rotatable bonds is 8. The fourth-order valence-corrected chi connectivity index (χ4v) is 7.86. The minimum atomic E-state index is -3.73. The quantitative estimate of drug-likeness (QED) is 0.402. The van der Waals surface area contributed by atoms with E-state index in [-0.39, 0.29) is 43.6 Å². The fourth-order valence-electron chi connectivity index (χ4n) is 5.07. The third-order valence-corrected chi connectivity index (χ3v) is 11.1. The maximum absolute atomic E-state index is 13.1. The van der Waals surface area contributed by atoms with Crippen molar-refractivity contribution in [2.75, 3.05) is 77.0 Å². The summed E-state index contributed by atoms with van der Waals surface area (Å²) < 4.78 is 33.5. The number of nitrogens with one attached hydrogen (secondary N) is 1. The Hall–Kier alpha value is -2.97. The predicted octanol–water partition coefficient (Wildman–Crippen LogP) is 3.27. The Balaban J connectivity index is 1.07. The molecule has 0 spiro atoms. The molecular formula is C28H35ClN6O5S2. The van der Waals surface area contributed by atoms with Gasteiger partial charge in [0.2, 0.25) is 10.0 Å². The largest absolute Gasteiger partial charge is 0.450 e. The number of carbonyl (C=O) groups is 2. The van der Waals surface area contributed by atoms with Crippen LogP contribution in [-0.2, 0) is 14.8 Å². The van der Waals surface area contributed by atoms with Crippen molar-refractivity contribution in [3.63, 3.8) is 0 Å². The third kappa shape index (κ3) is 6.65. The summed E-state index contributed by atoms with van der Waals surface area (Å²) in [6.45, 7) is 9.57. The molecule has 5 rings (SSSR count).